The second-order valence-corrected chi connectivity index (χ2v) is 2.62. The van der Waals surface area contributed by atoms with Gasteiger partial charge in [-0.2, -0.15) is 5.10 Å². The molecule has 0 bridgehead atoms. The van der Waals surface area contributed by atoms with Crippen LogP contribution in [-0.4, -0.2) is 22.2 Å². The fourth-order valence-corrected chi connectivity index (χ4v) is 1.23. The van der Waals surface area contributed by atoms with Gasteiger partial charge in [0, 0.05) is 18.1 Å². The Balaban J connectivity index is 2.57. The Kier molecular flexibility index (Phi) is 1.75. The van der Waals surface area contributed by atoms with Crippen LogP contribution in [0, 0.1) is 0 Å². The molecule has 0 spiro atoms. The van der Waals surface area contributed by atoms with Crippen LogP contribution < -0.4 is 5.32 Å². The van der Waals surface area contributed by atoms with Crippen LogP contribution in [-0.2, 0) is 6.54 Å². The monoisotopic (exact) mass is 162 g/mol. The van der Waals surface area contributed by atoms with Gasteiger partial charge in [0.05, 0.1) is 17.4 Å². The van der Waals surface area contributed by atoms with Gasteiger partial charge in [-0.1, -0.05) is 0 Å². The molecule has 2 rings (SSSR count). The number of hydrogen-bond acceptors (Lipinski definition) is 3. The minimum absolute atomic E-state index is 0.775. The molecule has 2 aromatic heterocycles. The molecule has 4 nitrogen and oxygen atoms in total. The summed E-state index contributed by atoms with van der Waals surface area (Å²) in [5, 5.41) is 11.0. The Bertz CT molecular complexity index is 379. The average molecular weight is 162 g/mol. The van der Waals surface area contributed by atoms with Gasteiger partial charge in [-0.15, -0.1) is 0 Å². The van der Waals surface area contributed by atoms with Crippen LogP contribution in [0.25, 0.3) is 10.9 Å². The van der Waals surface area contributed by atoms with Crippen LogP contribution in [0.15, 0.2) is 18.5 Å². The molecule has 0 fully saturated rings. The standard InChI is InChI=1S/C8H10N4/c1-9-5-8-6-4-11-12-7(6)2-3-10-8/h2-4,9H,5H2,1H3,(H,11,12). The second kappa shape index (κ2) is 2.91. The summed E-state index contributed by atoms with van der Waals surface area (Å²) in [4.78, 5) is 4.25. The summed E-state index contributed by atoms with van der Waals surface area (Å²) < 4.78 is 0. The van der Waals surface area contributed by atoms with Crippen molar-refractivity contribution >= 4 is 10.9 Å². The van der Waals surface area contributed by atoms with Crippen molar-refractivity contribution < 1.29 is 0 Å². The van der Waals surface area contributed by atoms with Crippen molar-refractivity contribution in [2.24, 2.45) is 0 Å². The van der Waals surface area contributed by atoms with E-state index in [0.717, 1.165) is 23.1 Å². The molecule has 0 saturated carbocycles. The van der Waals surface area contributed by atoms with E-state index in [0.29, 0.717) is 0 Å². The van der Waals surface area contributed by atoms with Crippen LogP contribution in [0.5, 0.6) is 0 Å². The third-order valence-corrected chi connectivity index (χ3v) is 1.80. The van der Waals surface area contributed by atoms with Gasteiger partial charge >= 0.3 is 0 Å². The van der Waals surface area contributed by atoms with Crippen molar-refractivity contribution in [3.63, 3.8) is 0 Å². The van der Waals surface area contributed by atoms with Gasteiger partial charge in [-0.25, -0.2) is 0 Å². The topological polar surface area (TPSA) is 53.6 Å². The molecule has 0 radical (unpaired) electrons. The molecule has 12 heavy (non-hydrogen) atoms. The predicted molar refractivity (Wildman–Crippen MR) is 46.7 cm³/mol. The zero-order valence-corrected chi connectivity index (χ0v) is 6.83. The van der Waals surface area contributed by atoms with Gasteiger partial charge in [-0.3, -0.25) is 10.1 Å². The maximum Gasteiger partial charge on any atom is 0.0684 e. The molecule has 62 valence electrons. The third kappa shape index (κ3) is 1.06. The quantitative estimate of drug-likeness (QED) is 0.682. The average Bonchev–Trinajstić information content (AvgIpc) is 2.53. The number of hydrogen-bond donors (Lipinski definition) is 2. The second-order valence-electron chi connectivity index (χ2n) is 2.62. The van der Waals surface area contributed by atoms with Crippen LogP contribution in [0.3, 0.4) is 0 Å². The van der Waals surface area contributed by atoms with E-state index in [9.17, 15) is 0 Å². The van der Waals surface area contributed by atoms with Gasteiger partial charge in [-0.05, 0) is 13.1 Å². The molecule has 4 heteroatoms. The van der Waals surface area contributed by atoms with Crippen LogP contribution in [0.2, 0.25) is 0 Å². The van der Waals surface area contributed by atoms with Crippen molar-refractivity contribution in [1.29, 1.82) is 0 Å². The maximum absolute atomic E-state index is 4.25. The predicted octanol–water partition coefficient (Wildman–Crippen LogP) is 0.677. The first-order chi connectivity index (χ1) is 5.92. The summed E-state index contributed by atoms with van der Waals surface area (Å²) >= 11 is 0. The molecule has 0 aliphatic heterocycles. The van der Waals surface area contributed by atoms with Gasteiger partial charge < -0.3 is 5.32 Å². The highest BCUT2D eigenvalue weighted by atomic mass is 15.1. The number of nitrogens with zero attached hydrogens (tertiary/aromatic N) is 2. The van der Waals surface area contributed by atoms with E-state index in [1.54, 1.807) is 12.4 Å². The van der Waals surface area contributed by atoms with E-state index in [4.69, 9.17) is 0 Å². The van der Waals surface area contributed by atoms with Crippen molar-refractivity contribution in [2.45, 2.75) is 6.54 Å². The smallest absolute Gasteiger partial charge is 0.0684 e. The molecule has 0 aliphatic rings. The normalized spacial score (nSPS) is 10.8. The van der Waals surface area contributed by atoms with E-state index in [2.05, 4.69) is 20.5 Å². The summed E-state index contributed by atoms with van der Waals surface area (Å²) in [5.74, 6) is 0. The van der Waals surface area contributed by atoms with Gasteiger partial charge in [0.25, 0.3) is 0 Å². The summed E-state index contributed by atoms with van der Waals surface area (Å²) in [5.41, 5.74) is 2.07. The first-order valence-electron chi connectivity index (χ1n) is 3.83. The lowest BCUT2D eigenvalue weighted by molar-refractivity contribution is 0.799. The number of aromatic nitrogens is 3. The van der Waals surface area contributed by atoms with E-state index in [1.807, 2.05) is 13.1 Å². The highest BCUT2D eigenvalue weighted by molar-refractivity contribution is 5.79. The Morgan fingerprint density at radius 3 is 3.33 bits per heavy atom. The zero-order valence-electron chi connectivity index (χ0n) is 6.83. The Morgan fingerprint density at radius 2 is 2.50 bits per heavy atom. The van der Waals surface area contributed by atoms with E-state index >= 15 is 0 Å². The largest absolute Gasteiger partial charge is 0.314 e. The highest BCUT2D eigenvalue weighted by Gasteiger charge is 2.01. The lowest BCUT2D eigenvalue weighted by atomic mass is 10.2. The van der Waals surface area contributed by atoms with Crippen LogP contribution in [0.4, 0.5) is 0 Å². The summed E-state index contributed by atoms with van der Waals surface area (Å²) in [6, 6.07) is 1.92. The lowest BCUT2D eigenvalue weighted by Crippen LogP contribution is -2.06. The van der Waals surface area contributed by atoms with Crippen LogP contribution in [0.1, 0.15) is 5.69 Å². The molecule has 0 saturated heterocycles. The number of pyridine rings is 1. The molecule has 0 amide bonds. The minimum Gasteiger partial charge on any atom is -0.314 e. The molecule has 0 atom stereocenters. The minimum atomic E-state index is 0.775. The zero-order chi connectivity index (χ0) is 8.39. The Labute approximate surface area is 70.0 Å². The summed E-state index contributed by atoms with van der Waals surface area (Å²) in [6.45, 7) is 0.775. The number of aromatic amines is 1. The molecule has 2 N–H and O–H groups in total. The molecular formula is C8H10N4. The van der Waals surface area contributed by atoms with E-state index < -0.39 is 0 Å². The molecule has 2 aromatic rings. The molecule has 2 heterocycles. The number of nitrogens with one attached hydrogen (secondary N) is 2. The Hall–Kier alpha value is -1.42. The van der Waals surface area contributed by atoms with Crippen molar-refractivity contribution in [3.05, 3.63) is 24.2 Å². The molecule has 0 aromatic carbocycles. The fraction of sp³-hybridized carbons (Fsp3) is 0.250. The summed E-state index contributed by atoms with van der Waals surface area (Å²) in [7, 11) is 1.90. The van der Waals surface area contributed by atoms with Gasteiger partial charge in [0.1, 0.15) is 0 Å². The number of rotatable bonds is 2. The fourth-order valence-electron chi connectivity index (χ4n) is 1.23. The van der Waals surface area contributed by atoms with E-state index in [-0.39, 0.29) is 0 Å². The molecular weight excluding hydrogens is 152 g/mol. The SMILES string of the molecule is CNCc1nccc2[nH]ncc12. The highest BCUT2D eigenvalue weighted by Crippen LogP contribution is 2.12. The van der Waals surface area contributed by atoms with Gasteiger partial charge in [0.2, 0.25) is 0 Å². The summed E-state index contributed by atoms with van der Waals surface area (Å²) in [6.07, 6.45) is 3.59. The molecule has 0 aliphatic carbocycles. The number of H-pyrrole nitrogens is 1. The first kappa shape index (κ1) is 7.24. The first-order valence-corrected chi connectivity index (χ1v) is 3.83. The molecule has 0 unspecified atom stereocenters. The van der Waals surface area contributed by atoms with Gasteiger partial charge in [0.15, 0.2) is 0 Å². The van der Waals surface area contributed by atoms with Crippen molar-refractivity contribution in [3.8, 4) is 0 Å². The van der Waals surface area contributed by atoms with E-state index in [1.165, 1.54) is 0 Å². The van der Waals surface area contributed by atoms with Crippen molar-refractivity contribution in [2.75, 3.05) is 7.05 Å². The van der Waals surface area contributed by atoms with Crippen molar-refractivity contribution in [1.82, 2.24) is 20.5 Å². The number of fused-ring (bicyclic) bond motifs is 1. The lowest BCUT2D eigenvalue weighted by Gasteiger charge is -1.98. The van der Waals surface area contributed by atoms with Crippen LogP contribution >= 0.6 is 0 Å². The third-order valence-electron chi connectivity index (χ3n) is 1.80. The Morgan fingerprint density at radius 1 is 1.58 bits per heavy atom. The maximum atomic E-state index is 4.25.